The van der Waals surface area contributed by atoms with Gasteiger partial charge in [0.1, 0.15) is 5.75 Å². The smallest absolute Gasteiger partial charge is 0.343 e. The van der Waals surface area contributed by atoms with Crippen molar-refractivity contribution in [3.8, 4) is 17.1 Å². The molecule has 1 saturated carbocycles. The van der Waals surface area contributed by atoms with E-state index in [1.54, 1.807) is 36.4 Å². The van der Waals surface area contributed by atoms with E-state index < -0.39 is 5.97 Å². The first-order valence-electron chi connectivity index (χ1n) is 9.13. The lowest BCUT2D eigenvalue weighted by atomic mass is 10.1. The largest absolute Gasteiger partial charge is 0.482 e. The Labute approximate surface area is 166 Å². The molecule has 1 N–H and O–H groups in total. The van der Waals surface area contributed by atoms with Crippen LogP contribution in [0.3, 0.4) is 0 Å². The van der Waals surface area contributed by atoms with Crippen LogP contribution in [0, 0.1) is 0 Å². The normalized spacial score (nSPS) is 13.0. The number of carbonyl (C=O) groups is 2. The molecular formula is C20H19N5O4. The summed E-state index contributed by atoms with van der Waals surface area (Å²) in [6.07, 6.45) is 2.18. The summed E-state index contributed by atoms with van der Waals surface area (Å²) in [5.74, 6) is 0.350. The molecule has 9 nitrogen and oxygen atoms in total. The molecule has 3 aromatic rings. The SMILES string of the molecule is COC(=O)COc1cccc(C(=O)Nc2ccc(-c3nnnn3C3CC3)cc2)c1. The summed E-state index contributed by atoms with van der Waals surface area (Å²) >= 11 is 0. The molecule has 148 valence electrons. The molecule has 0 radical (unpaired) electrons. The first kappa shape index (κ1) is 18.6. The van der Waals surface area contributed by atoms with Crippen molar-refractivity contribution in [1.82, 2.24) is 20.2 Å². The number of ether oxygens (including phenoxy) is 2. The van der Waals surface area contributed by atoms with Gasteiger partial charge in [-0.15, -0.1) is 5.10 Å². The fraction of sp³-hybridized carbons (Fsp3) is 0.250. The zero-order valence-corrected chi connectivity index (χ0v) is 15.7. The summed E-state index contributed by atoms with van der Waals surface area (Å²) in [4.78, 5) is 23.7. The lowest BCUT2D eigenvalue weighted by Crippen LogP contribution is -2.14. The van der Waals surface area contributed by atoms with Crippen molar-refractivity contribution in [3.05, 3.63) is 54.1 Å². The first-order valence-corrected chi connectivity index (χ1v) is 9.13. The van der Waals surface area contributed by atoms with Crippen LogP contribution in [0.4, 0.5) is 5.69 Å². The summed E-state index contributed by atoms with van der Waals surface area (Å²) < 4.78 is 11.7. The summed E-state index contributed by atoms with van der Waals surface area (Å²) in [5, 5.41) is 14.8. The Hall–Kier alpha value is -3.75. The summed E-state index contributed by atoms with van der Waals surface area (Å²) in [6, 6.07) is 14.3. The number of nitrogens with zero attached hydrogens (tertiary/aromatic N) is 4. The molecule has 0 bridgehead atoms. The second kappa shape index (κ2) is 8.09. The third-order valence-electron chi connectivity index (χ3n) is 4.47. The molecule has 2 aromatic carbocycles. The maximum absolute atomic E-state index is 12.5. The van der Waals surface area contributed by atoms with Crippen LogP contribution in [0.15, 0.2) is 48.5 Å². The molecule has 1 aliphatic rings. The van der Waals surface area contributed by atoms with E-state index in [-0.39, 0.29) is 12.5 Å². The Balaban J connectivity index is 1.42. The van der Waals surface area contributed by atoms with Crippen molar-refractivity contribution >= 4 is 17.6 Å². The van der Waals surface area contributed by atoms with Crippen molar-refractivity contribution in [2.75, 3.05) is 19.0 Å². The van der Waals surface area contributed by atoms with Gasteiger partial charge >= 0.3 is 5.97 Å². The minimum Gasteiger partial charge on any atom is -0.482 e. The van der Waals surface area contributed by atoms with Gasteiger partial charge in [0.25, 0.3) is 5.91 Å². The van der Waals surface area contributed by atoms with E-state index in [1.165, 1.54) is 7.11 Å². The van der Waals surface area contributed by atoms with E-state index in [2.05, 4.69) is 25.6 Å². The average Bonchev–Trinajstić information content (AvgIpc) is 3.49. The second-order valence-corrected chi connectivity index (χ2v) is 6.60. The second-order valence-electron chi connectivity index (χ2n) is 6.60. The van der Waals surface area contributed by atoms with Gasteiger partial charge in [-0.3, -0.25) is 4.79 Å². The maximum Gasteiger partial charge on any atom is 0.343 e. The van der Waals surface area contributed by atoms with Gasteiger partial charge in [0.2, 0.25) is 0 Å². The van der Waals surface area contributed by atoms with Gasteiger partial charge in [-0.1, -0.05) is 6.07 Å². The van der Waals surface area contributed by atoms with Crippen LogP contribution in [0.1, 0.15) is 29.2 Å². The van der Waals surface area contributed by atoms with Crippen LogP contribution in [0.5, 0.6) is 5.75 Å². The third-order valence-corrected chi connectivity index (χ3v) is 4.47. The summed E-state index contributed by atoms with van der Waals surface area (Å²) in [6.45, 7) is -0.219. The highest BCUT2D eigenvalue weighted by Gasteiger charge is 2.28. The van der Waals surface area contributed by atoms with Gasteiger partial charge in [0, 0.05) is 16.8 Å². The van der Waals surface area contributed by atoms with Gasteiger partial charge in [-0.2, -0.15) is 0 Å². The fourth-order valence-corrected chi connectivity index (χ4v) is 2.78. The number of aromatic nitrogens is 4. The molecule has 1 aromatic heterocycles. The average molecular weight is 393 g/mol. The van der Waals surface area contributed by atoms with Crippen molar-refractivity contribution in [2.45, 2.75) is 18.9 Å². The third kappa shape index (κ3) is 4.40. The molecule has 4 rings (SSSR count). The molecule has 1 amide bonds. The highest BCUT2D eigenvalue weighted by atomic mass is 16.6. The molecule has 0 atom stereocenters. The standard InChI is InChI=1S/C20H19N5O4/c1-28-18(26)12-29-17-4-2-3-14(11-17)20(27)21-15-7-5-13(6-8-15)19-22-23-24-25(19)16-9-10-16/h2-8,11,16H,9-10,12H2,1H3,(H,21,27). The Morgan fingerprint density at radius 2 is 1.97 bits per heavy atom. The Kier molecular flexibility index (Phi) is 5.19. The molecule has 0 unspecified atom stereocenters. The predicted molar refractivity (Wildman–Crippen MR) is 103 cm³/mol. The van der Waals surface area contributed by atoms with E-state index in [9.17, 15) is 9.59 Å². The number of nitrogens with one attached hydrogen (secondary N) is 1. The minimum atomic E-state index is -0.493. The predicted octanol–water partition coefficient (Wildman–Crippen LogP) is 2.48. The molecule has 0 aliphatic heterocycles. The molecule has 0 saturated heterocycles. The van der Waals surface area contributed by atoms with Gasteiger partial charge in [-0.05, 0) is 65.7 Å². The van der Waals surface area contributed by atoms with Crippen molar-refractivity contribution in [3.63, 3.8) is 0 Å². The van der Waals surface area contributed by atoms with Crippen molar-refractivity contribution < 1.29 is 19.1 Å². The van der Waals surface area contributed by atoms with Crippen molar-refractivity contribution in [1.29, 1.82) is 0 Å². The highest BCUT2D eigenvalue weighted by molar-refractivity contribution is 6.04. The topological polar surface area (TPSA) is 108 Å². The molecule has 1 aliphatic carbocycles. The van der Waals surface area contributed by atoms with E-state index in [0.29, 0.717) is 23.0 Å². The number of benzene rings is 2. The number of carbonyl (C=O) groups excluding carboxylic acids is 2. The zero-order valence-electron chi connectivity index (χ0n) is 15.7. The lowest BCUT2D eigenvalue weighted by Gasteiger charge is -2.09. The number of amides is 1. The van der Waals surface area contributed by atoms with E-state index in [0.717, 1.165) is 24.2 Å². The molecule has 29 heavy (non-hydrogen) atoms. The molecule has 1 heterocycles. The molecular weight excluding hydrogens is 374 g/mol. The number of tetrazole rings is 1. The van der Waals surface area contributed by atoms with Crippen molar-refractivity contribution in [2.24, 2.45) is 0 Å². The zero-order chi connectivity index (χ0) is 20.2. The number of rotatable bonds is 7. The van der Waals surface area contributed by atoms with Crippen LogP contribution in [-0.2, 0) is 9.53 Å². The van der Waals surface area contributed by atoms with Crippen LogP contribution >= 0.6 is 0 Å². The van der Waals surface area contributed by atoms with Gasteiger partial charge in [0.15, 0.2) is 12.4 Å². The molecule has 1 fully saturated rings. The van der Waals surface area contributed by atoms with Crippen LogP contribution < -0.4 is 10.1 Å². The van der Waals surface area contributed by atoms with Gasteiger partial charge < -0.3 is 14.8 Å². The number of anilines is 1. The number of esters is 1. The summed E-state index contributed by atoms with van der Waals surface area (Å²) in [5.41, 5.74) is 1.94. The van der Waals surface area contributed by atoms with Crippen LogP contribution in [0.25, 0.3) is 11.4 Å². The Bertz CT molecular complexity index is 1030. The van der Waals surface area contributed by atoms with Gasteiger partial charge in [0.05, 0.1) is 13.2 Å². The van der Waals surface area contributed by atoms with Gasteiger partial charge in [-0.25, -0.2) is 9.48 Å². The van der Waals surface area contributed by atoms with Crippen LogP contribution in [0.2, 0.25) is 0 Å². The summed E-state index contributed by atoms with van der Waals surface area (Å²) in [7, 11) is 1.28. The number of methoxy groups -OCH3 is 1. The minimum absolute atomic E-state index is 0.219. The Morgan fingerprint density at radius 3 is 2.69 bits per heavy atom. The molecule has 0 spiro atoms. The van der Waals surface area contributed by atoms with E-state index >= 15 is 0 Å². The number of hydrogen-bond acceptors (Lipinski definition) is 7. The quantitative estimate of drug-likeness (QED) is 0.614. The van der Waals surface area contributed by atoms with Crippen LogP contribution in [-0.4, -0.2) is 45.8 Å². The first-order chi connectivity index (χ1) is 14.1. The lowest BCUT2D eigenvalue weighted by molar-refractivity contribution is -0.142. The monoisotopic (exact) mass is 393 g/mol. The maximum atomic E-state index is 12.5. The number of hydrogen-bond donors (Lipinski definition) is 1. The fourth-order valence-electron chi connectivity index (χ4n) is 2.78. The highest BCUT2D eigenvalue weighted by Crippen LogP contribution is 2.36. The Morgan fingerprint density at radius 1 is 1.17 bits per heavy atom. The molecule has 9 heteroatoms. The van der Waals surface area contributed by atoms with E-state index in [1.807, 2.05) is 16.8 Å². The van der Waals surface area contributed by atoms with E-state index in [4.69, 9.17) is 4.74 Å².